The van der Waals surface area contributed by atoms with Crippen molar-refractivity contribution in [2.45, 2.75) is 44.0 Å². The molecule has 1 aromatic heterocycles. The number of anilines is 1. The third kappa shape index (κ3) is 3.86. The third-order valence-corrected chi connectivity index (χ3v) is 7.82. The Hall–Kier alpha value is -3.01. The van der Waals surface area contributed by atoms with Gasteiger partial charge in [0.05, 0.1) is 11.2 Å². The Labute approximate surface area is 193 Å². The zero-order valence-corrected chi connectivity index (χ0v) is 19.3. The van der Waals surface area contributed by atoms with Crippen LogP contribution in [0.25, 0.3) is 10.9 Å². The number of hydrogen-bond donors (Lipinski definition) is 5. The highest BCUT2D eigenvalue weighted by atomic mass is 32.3. The lowest BCUT2D eigenvalue weighted by Crippen LogP contribution is -2.42. The lowest BCUT2D eigenvalue weighted by atomic mass is 9.81. The van der Waals surface area contributed by atoms with Crippen molar-refractivity contribution in [3.8, 4) is 5.75 Å². The minimum absolute atomic E-state index is 0.0668. The smallest absolute Gasteiger partial charge is 0.284 e. The van der Waals surface area contributed by atoms with Crippen LogP contribution >= 0.6 is 10.8 Å². The molecule has 2 atom stereocenters. The third-order valence-electron chi connectivity index (χ3n) is 6.43. The van der Waals surface area contributed by atoms with E-state index in [1.807, 2.05) is 6.07 Å². The minimum atomic E-state index is -3.53. The van der Waals surface area contributed by atoms with E-state index in [2.05, 4.69) is 29.0 Å². The van der Waals surface area contributed by atoms with Crippen molar-refractivity contribution in [3.63, 3.8) is 0 Å². The molecule has 2 heterocycles. The quantitative estimate of drug-likeness (QED) is 0.370. The van der Waals surface area contributed by atoms with Gasteiger partial charge in [0.15, 0.2) is 5.84 Å². The average molecular weight is 469 g/mol. The molecule has 2 unspecified atom stereocenters. The number of rotatable bonds is 3. The fourth-order valence-electron chi connectivity index (χ4n) is 5.15. The van der Waals surface area contributed by atoms with Gasteiger partial charge >= 0.3 is 0 Å². The predicted molar refractivity (Wildman–Crippen MR) is 133 cm³/mol. The second-order valence-electron chi connectivity index (χ2n) is 9.20. The van der Waals surface area contributed by atoms with Gasteiger partial charge in [-0.1, -0.05) is 48.9 Å². The van der Waals surface area contributed by atoms with Gasteiger partial charge in [-0.25, -0.2) is 4.68 Å². The monoisotopic (exact) mass is 468 g/mol. The fraction of sp³-hybridized carbons (Fsp3) is 0.333. The van der Waals surface area contributed by atoms with Crippen molar-refractivity contribution in [2.24, 2.45) is 16.2 Å². The van der Waals surface area contributed by atoms with E-state index in [9.17, 15) is 19.0 Å². The molecule has 2 aromatic carbocycles. The van der Waals surface area contributed by atoms with Gasteiger partial charge in [0.25, 0.3) is 5.56 Å². The van der Waals surface area contributed by atoms with Crippen molar-refractivity contribution < 1.29 is 14.2 Å². The molecule has 0 spiro atoms. The number of pyridine rings is 1. The molecule has 8 nitrogen and oxygen atoms in total. The van der Waals surface area contributed by atoms with Crippen molar-refractivity contribution in [3.05, 3.63) is 64.4 Å². The number of fused-ring (bicyclic) bond motifs is 2. The lowest BCUT2D eigenvalue weighted by Gasteiger charge is -2.35. The highest BCUT2D eigenvalue weighted by Gasteiger charge is 2.31. The number of aromatic hydroxyl groups is 1. The molecule has 3 aromatic rings. The Morgan fingerprint density at radius 2 is 1.70 bits per heavy atom. The van der Waals surface area contributed by atoms with E-state index in [0.29, 0.717) is 28.4 Å². The van der Waals surface area contributed by atoms with E-state index in [-0.39, 0.29) is 28.1 Å². The van der Waals surface area contributed by atoms with Crippen LogP contribution in [0.15, 0.2) is 62.6 Å². The number of benzene rings is 2. The van der Waals surface area contributed by atoms with Crippen molar-refractivity contribution in [2.75, 3.05) is 10.7 Å². The first-order valence-corrected chi connectivity index (χ1v) is 12.6. The molecule has 174 valence electrons. The van der Waals surface area contributed by atoms with E-state index in [0.717, 1.165) is 19.3 Å². The minimum Gasteiger partial charge on any atom is -0.506 e. The Kier molecular flexibility index (Phi) is 5.35. The normalized spacial score (nSPS) is 25.0. The molecule has 0 saturated heterocycles. The summed E-state index contributed by atoms with van der Waals surface area (Å²) in [5, 5.41) is 14.6. The molecule has 2 aliphatic rings. The molecular weight excluding hydrogens is 440 g/mol. The standard InChI is InChI=1S/C24H28N4O4S/c1-14-11-15(2)13-16(12-14)26-28-19-9-5-3-7-17(19)22(29)21(24(28)30)23-25-18-8-4-6-10-20(18)33(31,32)27-23/h3-10,14-16,26,29,31-32H,11-13H2,1-2H3,(H,25,27). The Morgan fingerprint density at radius 1 is 1.03 bits per heavy atom. The van der Waals surface area contributed by atoms with Gasteiger partial charge in [0, 0.05) is 11.4 Å². The Bertz CT molecular complexity index is 1310. The highest BCUT2D eigenvalue weighted by molar-refractivity contribution is 8.23. The summed E-state index contributed by atoms with van der Waals surface area (Å²) in [7, 11) is -3.53. The SMILES string of the molecule is CC1CC(C)CC(Nn2c(=O)c(C3=NS(O)(O)c4ccccc4N3)c(O)c3ccccc32)C1. The van der Waals surface area contributed by atoms with Crippen LogP contribution in [0, 0.1) is 11.8 Å². The van der Waals surface area contributed by atoms with Crippen LogP contribution in [0.5, 0.6) is 5.75 Å². The van der Waals surface area contributed by atoms with Gasteiger partial charge < -0.3 is 15.8 Å². The molecule has 1 saturated carbocycles. The zero-order valence-electron chi connectivity index (χ0n) is 18.5. The molecule has 9 heteroatoms. The molecule has 0 bridgehead atoms. The first kappa shape index (κ1) is 21.8. The van der Waals surface area contributed by atoms with Crippen LogP contribution < -0.4 is 16.3 Å². The Morgan fingerprint density at radius 3 is 2.45 bits per heavy atom. The maximum absolute atomic E-state index is 13.7. The van der Waals surface area contributed by atoms with Gasteiger partial charge in [0.2, 0.25) is 0 Å². The van der Waals surface area contributed by atoms with Crippen LogP contribution in [0.2, 0.25) is 0 Å². The summed E-state index contributed by atoms with van der Waals surface area (Å²) in [4.78, 5) is 14.0. The number of nitrogens with zero attached hydrogens (tertiary/aromatic N) is 2. The van der Waals surface area contributed by atoms with E-state index in [4.69, 9.17) is 0 Å². The maximum Gasteiger partial charge on any atom is 0.284 e. The lowest BCUT2D eigenvalue weighted by molar-refractivity contribution is 0.271. The average Bonchev–Trinajstić information content (AvgIpc) is 2.76. The zero-order chi connectivity index (χ0) is 23.3. The largest absolute Gasteiger partial charge is 0.506 e. The van der Waals surface area contributed by atoms with Gasteiger partial charge in [-0.05, 0) is 55.4 Å². The second-order valence-corrected chi connectivity index (χ2v) is 10.9. The van der Waals surface area contributed by atoms with E-state index in [1.54, 1.807) is 42.5 Å². The first-order valence-electron chi connectivity index (χ1n) is 11.1. The van der Waals surface area contributed by atoms with E-state index < -0.39 is 16.3 Å². The summed E-state index contributed by atoms with van der Waals surface area (Å²) in [6.45, 7) is 4.44. The molecule has 1 fully saturated rings. The number of aromatic nitrogens is 1. The molecule has 1 aliphatic carbocycles. The van der Waals surface area contributed by atoms with Crippen LogP contribution in [-0.2, 0) is 0 Å². The summed E-state index contributed by atoms with van der Waals surface area (Å²) in [5.41, 5.74) is 3.77. The van der Waals surface area contributed by atoms with Crippen molar-refractivity contribution in [1.29, 1.82) is 0 Å². The summed E-state index contributed by atoms with van der Waals surface area (Å²) >= 11 is 0. The van der Waals surface area contributed by atoms with Crippen LogP contribution in [-0.4, -0.2) is 30.8 Å². The van der Waals surface area contributed by atoms with Crippen molar-refractivity contribution in [1.82, 2.24) is 4.68 Å². The van der Waals surface area contributed by atoms with Gasteiger partial charge in [-0.2, -0.15) is 0 Å². The number of hydrogen-bond acceptors (Lipinski definition) is 7. The summed E-state index contributed by atoms with van der Waals surface area (Å²) in [6.07, 6.45) is 3.04. The molecule has 0 amide bonds. The summed E-state index contributed by atoms with van der Waals surface area (Å²) in [6, 6.07) is 13.9. The van der Waals surface area contributed by atoms with Crippen LogP contribution in [0.3, 0.4) is 0 Å². The van der Waals surface area contributed by atoms with Crippen LogP contribution in [0.4, 0.5) is 5.69 Å². The maximum atomic E-state index is 13.7. The van der Waals surface area contributed by atoms with E-state index >= 15 is 0 Å². The molecule has 33 heavy (non-hydrogen) atoms. The van der Waals surface area contributed by atoms with Crippen molar-refractivity contribution >= 4 is 33.2 Å². The molecule has 5 rings (SSSR count). The summed E-state index contributed by atoms with van der Waals surface area (Å²) < 4.78 is 26.8. The van der Waals surface area contributed by atoms with E-state index in [1.165, 1.54) is 4.68 Å². The van der Waals surface area contributed by atoms with Crippen LogP contribution in [0.1, 0.15) is 38.7 Å². The van der Waals surface area contributed by atoms with Gasteiger partial charge in [-0.3, -0.25) is 13.9 Å². The summed E-state index contributed by atoms with van der Waals surface area (Å²) in [5.74, 6) is 0.764. The topological polar surface area (TPSA) is 119 Å². The van der Waals surface area contributed by atoms with Gasteiger partial charge in [0.1, 0.15) is 16.2 Å². The fourth-order valence-corrected chi connectivity index (χ4v) is 6.31. The molecule has 1 aliphatic heterocycles. The number of amidine groups is 1. The number of nitrogens with one attached hydrogen (secondary N) is 2. The predicted octanol–water partition coefficient (Wildman–Crippen LogP) is 4.97. The number of para-hydroxylation sites is 2. The van der Waals surface area contributed by atoms with Gasteiger partial charge in [-0.15, -0.1) is 4.40 Å². The Balaban J connectivity index is 1.67. The molecular formula is C24H28N4O4S. The molecule has 5 N–H and O–H groups in total. The first-order chi connectivity index (χ1) is 15.7. The highest BCUT2D eigenvalue weighted by Crippen LogP contribution is 2.55. The molecule has 0 radical (unpaired) electrons. The second kappa shape index (κ2) is 8.09.